The van der Waals surface area contributed by atoms with Gasteiger partial charge in [0.05, 0.1) is 0 Å². The van der Waals surface area contributed by atoms with Gasteiger partial charge in [-0.25, -0.2) is 9.97 Å². The number of anilines is 3. The number of carbonyl (C=O) groups is 1. The van der Waals surface area contributed by atoms with E-state index in [0.717, 1.165) is 11.4 Å². The SMILES string of the molecule is O=C(Nc1ccc(Nc2ccccc2)cc1)c1cn2cccnc2n1. The second kappa shape index (κ2) is 6.45. The van der Waals surface area contributed by atoms with Crippen LogP contribution >= 0.6 is 0 Å². The predicted molar refractivity (Wildman–Crippen MR) is 97.1 cm³/mol. The minimum atomic E-state index is -0.269. The lowest BCUT2D eigenvalue weighted by Crippen LogP contribution is -2.12. The summed E-state index contributed by atoms with van der Waals surface area (Å²) in [5, 5.41) is 6.14. The molecule has 0 saturated carbocycles. The molecule has 0 bridgehead atoms. The maximum Gasteiger partial charge on any atom is 0.275 e. The van der Waals surface area contributed by atoms with Gasteiger partial charge in [-0.05, 0) is 42.5 Å². The van der Waals surface area contributed by atoms with Crippen LogP contribution < -0.4 is 10.6 Å². The molecule has 2 heterocycles. The third kappa shape index (κ3) is 3.32. The highest BCUT2D eigenvalue weighted by Gasteiger charge is 2.11. The topological polar surface area (TPSA) is 71.3 Å². The number of hydrogen-bond acceptors (Lipinski definition) is 4. The van der Waals surface area contributed by atoms with Crippen LogP contribution in [0.4, 0.5) is 17.1 Å². The van der Waals surface area contributed by atoms with Crippen LogP contribution in [0, 0.1) is 0 Å². The fraction of sp³-hybridized carbons (Fsp3) is 0. The summed E-state index contributed by atoms with van der Waals surface area (Å²) in [6, 6.07) is 19.2. The Bertz CT molecular complexity index is 976. The molecule has 4 rings (SSSR count). The number of para-hydroxylation sites is 1. The molecule has 122 valence electrons. The van der Waals surface area contributed by atoms with E-state index in [9.17, 15) is 4.79 Å². The number of hydrogen-bond donors (Lipinski definition) is 2. The first-order valence-corrected chi connectivity index (χ1v) is 7.81. The van der Waals surface area contributed by atoms with Crippen molar-refractivity contribution in [3.63, 3.8) is 0 Å². The van der Waals surface area contributed by atoms with E-state index in [1.54, 1.807) is 29.1 Å². The zero-order valence-corrected chi connectivity index (χ0v) is 13.3. The van der Waals surface area contributed by atoms with Gasteiger partial charge in [-0.1, -0.05) is 18.2 Å². The molecule has 6 heteroatoms. The fourth-order valence-electron chi connectivity index (χ4n) is 2.46. The van der Waals surface area contributed by atoms with E-state index >= 15 is 0 Å². The summed E-state index contributed by atoms with van der Waals surface area (Å²) in [7, 11) is 0. The lowest BCUT2D eigenvalue weighted by Gasteiger charge is -2.08. The summed E-state index contributed by atoms with van der Waals surface area (Å²) in [5.41, 5.74) is 2.98. The highest BCUT2D eigenvalue weighted by molar-refractivity contribution is 6.03. The first-order chi connectivity index (χ1) is 12.3. The van der Waals surface area contributed by atoms with E-state index in [1.807, 2.05) is 54.6 Å². The van der Waals surface area contributed by atoms with Crippen LogP contribution in [0.2, 0.25) is 0 Å². The zero-order valence-electron chi connectivity index (χ0n) is 13.3. The van der Waals surface area contributed by atoms with E-state index in [4.69, 9.17) is 0 Å². The first kappa shape index (κ1) is 14.9. The number of imidazole rings is 1. The summed E-state index contributed by atoms with van der Waals surface area (Å²) in [6.07, 6.45) is 5.10. The van der Waals surface area contributed by atoms with Gasteiger partial charge in [0, 0.05) is 35.7 Å². The van der Waals surface area contributed by atoms with Crippen molar-refractivity contribution in [2.24, 2.45) is 0 Å². The minimum Gasteiger partial charge on any atom is -0.356 e. The Hall–Kier alpha value is -3.67. The monoisotopic (exact) mass is 329 g/mol. The number of fused-ring (bicyclic) bond motifs is 1. The van der Waals surface area contributed by atoms with Gasteiger partial charge in [-0.3, -0.25) is 9.20 Å². The van der Waals surface area contributed by atoms with Gasteiger partial charge in [0.15, 0.2) is 0 Å². The van der Waals surface area contributed by atoms with Gasteiger partial charge in [0.2, 0.25) is 5.78 Å². The molecule has 0 spiro atoms. The summed E-state index contributed by atoms with van der Waals surface area (Å²) in [5.74, 6) is 0.226. The standard InChI is InChI=1S/C19H15N5O/c25-18(17-13-24-12-4-11-20-19(24)23-17)22-16-9-7-15(8-10-16)21-14-5-2-1-3-6-14/h1-13,21H,(H,22,25). The van der Waals surface area contributed by atoms with Crippen molar-refractivity contribution in [1.29, 1.82) is 0 Å². The van der Waals surface area contributed by atoms with Crippen LogP contribution in [0.5, 0.6) is 0 Å². The Balaban J connectivity index is 1.46. The molecule has 0 aliphatic carbocycles. The Morgan fingerprint density at radius 2 is 1.60 bits per heavy atom. The summed E-state index contributed by atoms with van der Waals surface area (Å²) < 4.78 is 1.71. The highest BCUT2D eigenvalue weighted by atomic mass is 16.1. The molecule has 0 fully saturated rings. The maximum absolute atomic E-state index is 12.3. The molecule has 0 aliphatic heterocycles. The molecule has 4 aromatic rings. The van der Waals surface area contributed by atoms with Crippen LogP contribution in [-0.2, 0) is 0 Å². The van der Waals surface area contributed by atoms with Crippen molar-refractivity contribution in [3.05, 3.63) is 84.9 Å². The zero-order chi connectivity index (χ0) is 17.1. The predicted octanol–water partition coefficient (Wildman–Crippen LogP) is 3.73. The number of benzene rings is 2. The van der Waals surface area contributed by atoms with Crippen LogP contribution in [0.15, 0.2) is 79.3 Å². The number of aromatic nitrogens is 3. The van der Waals surface area contributed by atoms with Crippen LogP contribution in [0.1, 0.15) is 10.5 Å². The van der Waals surface area contributed by atoms with E-state index in [2.05, 4.69) is 20.6 Å². The van der Waals surface area contributed by atoms with Crippen molar-refractivity contribution in [3.8, 4) is 0 Å². The largest absolute Gasteiger partial charge is 0.356 e. The third-order valence-electron chi connectivity index (χ3n) is 3.67. The second-order valence-electron chi connectivity index (χ2n) is 5.48. The van der Waals surface area contributed by atoms with Crippen molar-refractivity contribution in [1.82, 2.24) is 14.4 Å². The normalized spacial score (nSPS) is 10.6. The van der Waals surface area contributed by atoms with Crippen molar-refractivity contribution in [2.45, 2.75) is 0 Å². The van der Waals surface area contributed by atoms with Crippen molar-refractivity contribution >= 4 is 28.7 Å². The Morgan fingerprint density at radius 1 is 0.880 bits per heavy atom. The molecular formula is C19H15N5O. The van der Waals surface area contributed by atoms with Gasteiger partial charge in [0.1, 0.15) is 5.69 Å². The van der Waals surface area contributed by atoms with Gasteiger partial charge in [-0.2, -0.15) is 0 Å². The summed E-state index contributed by atoms with van der Waals surface area (Å²) in [6.45, 7) is 0. The van der Waals surface area contributed by atoms with Crippen LogP contribution in [0.3, 0.4) is 0 Å². The lowest BCUT2D eigenvalue weighted by molar-refractivity contribution is 0.102. The highest BCUT2D eigenvalue weighted by Crippen LogP contribution is 2.19. The Morgan fingerprint density at radius 3 is 2.36 bits per heavy atom. The van der Waals surface area contributed by atoms with Gasteiger partial charge < -0.3 is 10.6 Å². The molecule has 2 N–H and O–H groups in total. The molecule has 1 amide bonds. The first-order valence-electron chi connectivity index (χ1n) is 7.81. The van der Waals surface area contributed by atoms with Gasteiger partial charge in [-0.15, -0.1) is 0 Å². The molecule has 25 heavy (non-hydrogen) atoms. The quantitative estimate of drug-likeness (QED) is 0.598. The average Bonchev–Trinajstić information content (AvgIpc) is 3.09. The average molecular weight is 329 g/mol. The smallest absolute Gasteiger partial charge is 0.275 e. The van der Waals surface area contributed by atoms with Gasteiger partial charge in [0.25, 0.3) is 5.91 Å². The molecule has 6 nitrogen and oxygen atoms in total. The lowest BCUT2D eigenvalue weighted by atomic mass is 10.2. The van der Waals surface area contributed by atoms with Crippen molar-refractivity contribution in [2.75, 3.05) is 10.6 Å². The summed E-state index contributed by atoms with van der Waals surface area (Å²) >= 11 is 0. The number of carbonyl (C=O) groups excluding carboxylic acids is 1. The second-order valence-corrected chi connectivity index (χ2v) is 5.48. The molecule has 0 unspecified atom stereocenters. The van der Waals surface area contributed by atoms with E-state index in [-0.39, 0.29) is 5.91 Å². The molecule has 0 aliphatic rings. The minimum absolute atomic E-state index is 0.269. The Labute approximate surface area is 144 Å². The molecule has 2 aromatic carbocycles. The Kier molecular flexibility index (Phi) is 3.84. The summed E-state index contributed by atoms with van der Waals surface area (Å²) in [4.78, 5) is 20.6. The van der Waals surface area contributed by atoms with E-state index in [0.29, 0.717) is 17.2 Å². The van der Waals surface area contributed by atoms with Gasteiger partial charge >= 0.3 is 0 Å². The molecule has 2 aromatic heterocycles. The maximum atomic E-state index is 12.3. The third-order valence-corrected chi connectivity index (χ3v) is 3.67. The fourth-order valence-corrected chi connectivity index (χ4v) is 2.46. The molecular weight excluding hydrogens is 314 g/mol. The number of nitrogens with zero attached hydrogens (tertiary/aromatic N) is 3. The number of rotatable bonds is 4. The number of nitrogens with one attached hydrogen (secondary N) is 2. The van der Waals surface area contributed by atoms with E-state index < -0.39 is 0 Å². The van der Waals surface area contributed by atoms with Crippen LogP contribution in [0.25, 0.3) is 5.78 Å². The van der Waals surface area contributed by atoms with Crippen molar-refractivity contribution < 1.29 is 4.79 Å². The van der Waals surface area contributed by atoms with E-state index in [1.165, 1.54) is 0 Å². The molecule has 0 atom stereocenters. The number of amides is 1. The molecule has 0 radical (unpaired) electrons. The molecule has 0 saturated heterocycles. The van der Waals surface area contributed by atoms with Crippen LogP contribution in [-0.4, -0.2) is 20.3 Å².